The second-order valence-electron chi connectivity index (χ2n) is 9.50. The summed E-state index contributed by atoms with van der Waals surface area (Å²) in [6.45, 7) is 2.07. The summed E-state index contributed by atoms with van der Waals surface area (Å²) in [5, 5.41) is 1.01. The maximum Gasteiger partial charge on any atom is 0.338 e. The SMILES string of the molecule is CCOC(=O)c1ccc(-n2cc(-c3ccc(Cl)cc3Cl)nc2C=Cc2ccc(-c3cccc(S(C)(=O)=O)c3)cc2)cc1. The molecule has 0 unspecified atom stereocenters. The quantitative estimate of drug-likeness (QED) is 0.164. The van der Waals surface area contributed by atoms with E-state index in [1.54, 1.807) is 49.4 Å². The lowest BCUT2D eigenvalue weighted by Gasteiger charge is -2.07. The summed E-state index contributed by atoms with van der Waals surface area (Å²) in [7, 11) is -3.30. The van der Waals surface area contributed by atoms with Crippen LogP contribution in [-0.4, -0.2) is 36.8 Å². The van der Waals surface area contributed by atoms with Crippen LogP contribution in [-0.2, 0) is 14.6 Å². The topological polar surface area (TPSA) is 78.3 Å². The number of benzene rings is 4. The molecule has 0 N–H and O–H groups in total. The van der Waals surface area contributed by atoms with Crippen molar-refractivity contribution in [1.82, 2.24) is 9.55 Å². The molecule has 0 aliphatic carbocycles. The van der Waals surface area contributed by atoms with Gasteiger partial charge in [-0.05, 0) is 84.3 Å². The molecule has 0 amide bonds. The number of carbonyl (C=O) groups is 1. The van der Waals surface area contributed by atoms with Gasteiger partial charge in [0.2, 0.25) is 0 Å². The normalized spacial score (nSPS) is 11.6. The average Bonchev–Trinajstić information content (AvgIpc) is 3.40. The third-order valence-corrected chi connectivity index (χ3v) is 8.19. The Balaban J connectivity index is 1.48. The maximum absolute atomic E-state index is 12.1. The minimum atomic E-state index is -3.30. The number of hydrogen-bond acceptors (Lipinski definition) is 5. The van der Waals surface area contributed by atoms with Crippen LogP contribution in [0.25, 0.3) is 40.2 Å². The lowest BCUT2D eigenvalue weighted by molar-refractivity contribution is 0.0526. The van der Waals surface area contributed by atoms with Crippen LogP contribution in [0.2, 0.25) is 10.0 Å². The summed E-state index contributed by atoms with van der Waals surface area (Å²) in [5.74, 6) is 0.264. The smallest absolute Gasteiger partial charge is 0.338 e. The second-order valence-corrected chi connectivity index (χ2v) is 12.4. The van der Waals surface area contributed by atoms with Gasteiger partial charge in [-0.15, -0.1) is 0 Å². The van der Waals surface area contributed by atoms with Crippen LogP contribution in [0.15, 0.2) is 102 Å². The van der Waals surface area contributed by atoms with Gasteiger partial charge in [-0.2, -0.15) is 0 Å². The highest BCUT2D eigenvalue weighted by molar-refractivity contribution is 7.90. The number of carbonyl (C=O) groups excluding carboxylic acids is 1. The highest BCUT2D eigenvalue weighted by Crippen LogP contribution is 2.31. The van der Waals surface area contributed by atoms with E-state index in [-0.39, 0.29) is 10.9 Å². The van der Waals surface area contributed by atoms with Gasteiger partial charge in [0.1, 0.15) is 5.82 Å². The number of rotatable bonds is 8. The fraction of sp³-hybridized carbons (Fsp3) is 0.0909. The van der Waals surface area contributed by atoms with Crippen molar-refractivity contribution < 1.29 is 17.9 Å². The zero-order chi connectivity index (χ0) is 29.9. The predicted molar refractivity (Wildman–Crippen MR) is 169 cm³/mol. The third kappa shape index (κ3) is 6.65. The van der Waals surface area contributed by atoms with E-state index >= 15 is 0 Å². The Morgan fingerprint density at radius 1 is 0.905 bits per heavy atom. The van der Waals surface area contributed by atoms with E-state index in [4.69, 9.17) is 32.9 Å². The molecule has 0 aliphatic rings. The van der Waals surface area contributed by atoms with Crippen LogP contribution in [0.4, 0.5) is 0 Å². The fourth-order valence-corrected chi connectivity index (χ4v) is 5.55. The van der Waals surface area contributed by atoms with Gasteiger partial charge in [0.15, 0.2) is 9.84 Å². The summed E-state index contributed by atoms with van der Waals surface area (Å²) in [4.78, 5) is 17.3. The molecule has 5 rings (SSSR count). The van der Waals surface area contributed by atoms with Crippen molar-refractivity contribution in [1.29, 1.82) is 0 Å². The number of hydrogen-bond donors (Lipinski definition) is 0. The lowest BCUT2D eigenvalue weighted by Crippen LogP contribution is -2.05. The standard InChI is InChI=1S/C33H26Cl2N2O4S/c1-3-41-33(38)24-12-15-27(16-13-24)37-21-31(29-17-14-26(34)20-30(29)35)36-32(37)18-9-22-7-10-23(11-8-22)25-5-4-6-28(19-25)42(2,39)40/h4-21H,3H2,1-2H3. The van der Waals surface area contributed by atoms with Crippen molar-refractivity contribution in [3.63, 3.8) is 0 Å². The van der Waals surface area contributed by atoms with Crippen molar-refractivity contribution in [2.24, 2.45) is 0 Å². The predicted octanol–water partition coefficient (Wildman–Crippen LogP) is 8.26. The van der Waals surface area contributed by atoms with Gasteiger partial charge >= 0.3 is 5.97 Å². The van der Waals surface area contributed by atoms with Gasteiger partial charge in [0.25, 0.3) is 0 Å². The number of aromatic nitrogens is 2. The lowest BCUT2D eigenvalue weighted by atomic mass is 10.0. The Morgan fingerprint density at radius 3 is 2.31 bits per heavy atom. The summed E-state index contributed by atoms with van der Waals surface area (Å²) in [6.07, 6.45) is 6.92. The first-order valence-electron chi connectivity index (χ1n) is 13.0. The fourth-order valence-electron chi connectivity index (χ4n) is 4.38. The molecule has 1 heterocycles. The minimum Gasteiger partial charge on any atom is -0.462 e. The van der Waals surface area contributed by atoms with Gasteiger partial charge in [0.05, 0.1) is 27.8 Å². The summed E-state index contributed by atoms with van der Waals surface area (Å²) in [6, 6.07) is 27.0. The molecule has 4 aromatic carbocycles. The van der Waals surface area contributed by atoms with Crippen molar-refractivity contribution in [3.8, 4) is 28.1 Å². The molecule has 0 bridgehead atoms. The second kappa shape index (κ2) is 12.4. The Bertz CT molecular complexity index is 1900. The van der Waals surface area contributed by atoms with Gasteiger partial charge < -0.3 is 4.74 Å². The Kier molecular flexibility index (Phi) is 8.64. The highest BCUT2D eigenvalue weighted by Gasteiger charge is 2.14. The summed E-state index contributed by atoms with van der Waals surface area (Å²) < 4.78 is 31.0. The van der Waals surface area contributed by atoms with Gasteiger partial charge in [0, 0.05) is 28.7 Å². The Morgan fingerprint density at radius 2 is 1.64 bits per heavy atom. The number of esters is 1. The van der Waals surface area contributed by atoms with Gasteiger partial charge in [-0.25, -0.2) is 18.2 Å². The first kappa shape index (κ1) is 29.3. The van der Waals surface area contributed by atoms with E-state index in [9.17, 15) is 13.2 Å². The molecule has 42 heavy (non-hydrogen) atoms. The third-order valence-electron chi connectivity index (χ3n) is 6.53. The molecule has 6 nitrogen and oxygen atoms in total. The first-order valence-corrected chi connectivity index (χ1v) is 15.7. The zero-order valence-corrected chi connectivity index (χ0v) is 25.1. The number of nitrogens with zero attached hydrogens (tertiary/aromatic N) is 2. The molecular weight excluding hydrogens is 591 g/mol. The molecule has 0 saturated heterocycles. The number of sulfone groups is 1. The largest absolute Gasteiger partial charge is 0.462 e. The van der Waals surface area contributed by atoms with Crippen LogP contribution < -0.4 is 0 Å². The van der Waals surface area contributed by atoms with E-state index in [0.717, 1.165) is 27.9 Å². The van der Waals surface area contributed by atoms with Crippen LogP contribution >= 0.6 is 23.2 Å². The Hall–Kier alpha value is -4.17. The van der Waals surface area contributed by atoms with E-state index in [0.29, 0.717) is 33.7 Å². The van der Waals surface area contributed by atoms with E-state index < -0.39 is 9.84 Å². The van der Waals surface area contributed by atoms with Crippen molar-refractivity contribution in [2.75, 3.05) is 12.9 Å². The van der Waals surface area contributed by atoms with E-state index in [1.807, 2.05) is 71.4 Å². The molecule has 0 fully saturated rings. The molecule has 0 atom stereocenters. The van der Waals surface area contributed by atoms with Crippen molar-refractivity contribution in [2.45, 2.75) is 11.8 Å². The van der Waals surface area contributed by atoms with E-state index in [1.165, 1.54) is 6.26 Å². The molecule has 0 aliphatic heterocycles. The van der Waals surface area contributed by atoms with Gasteiger partial charge in [-0.3, -0.25) is 4.57 Å². The van der Waals surface area contributed by atoms with Crippen LogP contribution in [0, 0.1) is 0 Å². The first-order chi connectivity index (χ1) is 20.1. The van der Waals surface area contributed by atoms with Crippen LogP contribution in [0.3, 0.4) is 0 Å². The van der Waals surface area contributed by atoms with Crippen LogP contribution in [0.5, 0.6) is 0 Å². The maximum atomic E-state index is 12.1. The molecule has 0 saturated carbocycles. The highest BCUT2D eigenvalue weighted by atomic mass is 35.5. The summed E-state index contributed by atoms with van der Waals surface area (Å²) >= 11 is 12.6. The molecule has 0 radical (unpaired) electrons. The van der Waals surface area contributed by atoms with E-state index in [2.05, 4.69) is 0 Å². The summed E-state index contributed by atoms with van der Waals surface area (Å²) in [5.41, 5.74) is 5.30. The Labute approximate surface area is 254 Å². The van der Waals surface area contributed by atoms with Crippen LogP contribution in [0.1, 0.15) is 28.7 Å². The molecular formula is C33H26Cl2N2O4S. The van der Waals surface area contributed by atoms with Crippen molar-refractivity contribution >= 4 is 51.2 Å². The molecule has 0 spiro atoms. The average molecular weight is 618 g/mol. The minimum absolute atomic E-state index is 0.280. The van der Waals surface area contributed by atoms with Gasteiger partial charge in [-0.1, -0.05) is 65.7 Å². The zero-order valence-electron chi connectivity index (χ0n) is 22.8. The number of halogens is 2. The molecule has 212 valence electrons. The molecule has 5 aromatic rings. The monoisotopic (exact) mass is 616 g/mol. The molecule has 9 heteroatoms. The van der Waals surface area contributed by atoms with Crippen molar-refractivity contribution in [3.05, 3.63) is 124 Å². The number of ether oxygens (including phenoxy) is 1. The molecule has 1 aromatic heterocycles. The number of imidazole rings is 1.